The number of nitrogens with one attached hydrogen (secondary N) is 2. The summed E-state index contributed by atoms with van der Waals surface area (Å²) in [7, 11) is -4.16. The van der Waals surface area contributed by atoms with E-state index in [0.29, 0.717) is 16.9 Å². The summed E-state index contributed by atoms with van der Waals surface area (Å²) in [4.78, 5) is 22.9. The smallest absolute Gasteiger partial charge is 0.341 e. The molecule has 0 aliphatic heterocycles. The Kier molecular flexibility index (Phi) is 5.91. The fourth-order valence-electron chi connectivity index (χ4n) is 1.97. The Balaban J connectivity index is 2.11. The quantitative estimate of drug-likeness (QED) is 0.228. The van der Waals surface area contributed by atoms with Crippen molar-refractivity contribution < 1.29 is 22.2 Å². The lowest BCUT2D eigenvalue weighted by Gasteiger charge is -2.08. The van der Waals surface area contributed by atoms with Crippen LogP contribution >= 0.6 is 0 Å². The third-order valence-electron chi connectivity index (χ3n) is 3.06. The highest BCUT2D eigenvalue weighted by molar-refractivity contribution is 7.87. The van der Waals surface area contributed by atoms with Gasteiger partial charge in [-0.05, 0) is 42.5 Å². The molecule has 1 amide bonds. The van der Waals surface area contributed by atoms with Gasteiger partial charge in [-0.2, -0.15) is 13.5 Å². The molecule has 0 bridgehead atoms. The van der Waals surface area contributed by atoms with Crippen molar-refractivity contribution in [3.8, 4) is 0 Å². The minimum atomic E-state index is -4.16. The Morgan fingerprint density at radius 3 is 2.42 bits per heavy atom. The van der Waals surface area contributed by atoms with Gasteiger partial charge >= 0.3 is 16.1 Å². The van der Waals surface area contributed by atoms with Gasteiger partial charge in [-0.3, -0.25) is 9.59 Å². The zero-order chi connectivity index (χ0) is 19.2. The number of nitrogens with two attached hydrogens (primary N) is 1. The van der Waals surface area contributed by atoms with Gasteiger partial charge < -0.3 is 20.7 Å². The fourth-order valence-corrected chi connectivity index (χ4v) is 2.85. The van der Waals surface area contributed by atoms with Crippen LogP contribution in [0.4, 0.5) is 11.4 Å². The molecule has 0 aliphatic rings. The van der Waals surface area contributed by atoms with Gasteiger partial charge in [0.1, 0.15) is 11.2 Å². The minimum Gasteiger partial charge on any atom is -0.345 e. The van der Waals surface area contributed by atoms with E-state index in [1.807, 2.05) is 0 Å². The van der Waals surface area contributed by atoms with Crippen LogP contribution in [0.3, 0.4) is 0 Å². The van der Waals surface area contributed by atoms with Gasteiger partial charge in [0.15, 0.2) is 0 Å². The number of rotatable bonds is 6. The van der Waals surface area contributed by atoms with Crippen LogP contribution in [0.5, 0.6) is 0 Å². The van der Waals surface area contributed by atoms with Crippen molar-refractivity contribution in [2.75, 3.05) is 10.6 Å². The molecule has 10 heteroatoms. The van der Waals surface area contributed by atoms with Gasteiger partial charge in [0.2, 0.25) is 0 Å². The highest BCUT2D eigenvalue weighted by atomic mass is 32.2. The second-order valence-electron chi connectivity index (χ2n) is 5.01. The van der Waals surface area contributed by atoms with E-state index in [1.165, 1.54) is 30.6 Å². The third kappa shape index (κ3) is 5.05. The maximum absolute atomic E-state index is 12.3. The van der Waals surface area contributed by atoms with Crippen molar-refractivity contribution in [1.29, 1.82) is 0 Å². The number of anilines is 2. The van der Waals surface area contributed by atoms with Crippen LogP contribution in [0, 0.1) is 0 Å². The summed E-state index contributed by atoms with van der Waals surface area (Å²) in [6, 6.07) is 11.8. The molecular formula is C16H16N4O5S. The number of carbonyl (C=O) groups is 2. The van der Waals surface area contributed by atoms with E-state index in [1.54, 1.807) is 24.3 Å². The lowest BCUT2D eigenvalue weighted by atomic mass is 10.2. The lowest BCUT2D eigenvalue weighted by molar-refractivity contribution is -0.131. The van der Waals surface area contributed by atoms with Crippen LogP contribution in [0.25, 0.3) is 0 Å². The molecule has 0 heterocycles. The molecule has 2 aromatic carbocycles. The molecule has 0 fully saturated rings. The summed E-state index contributed by atoms with van der Waals surface area (Å²) in [6.45, 7) is 0.995. The van der Waals surface area contributed by atoms with Crippen LogP contribution in [-0.2, 0) is 19.1 Å². The molecule has 136 valence electrons. The summed E-state index contributed by atoms with van der Waals surface area (Å²) >= 11 is 0. The van der Waals surface area contributed by atoms with Crippen LogP contribution in [0.1, 0.15) is 17.3 Å². The van der Waals surface area contributed by atoms with E-state index in [9.17, 15) is 18.0 Å². The van der Waals surface area contributed by atoms with Crippen LogP contribution in [-0.4, -0.2) is 26.6 Å². The first kappa shape index (κ1) is 18.9. The average molecular weight is 376 g/mol. The van der Waals surface area contributed by atoms with E-state index in [-0.39, 0.29) is 4.90 Å². The Bertz CT molecular complexity index is 939. The molecule has 0 atom stereocenters. The summed E-state index contributed by atoms with van der Waals surface area (Å²) in [6.07, 6.45) is 1.28. The maximum atomic E-state index is 12.3. The number of hydrogen-bond donors (Lipinski definition) is 3. The number of hydrazone groups is 1. The van der Waals surface area contributed by atoms with Crippen molar-refractivity contribution in [3.05, 3.63) is 54.1 Å². The Morgan fingerprint density at radius 2 is 1.81 bits per heavy atom. The third-order valence-corrected chi connectivity index (χ3v) is 4.36. The predicted octanol–water partition coefficient (Wildman–Crippen LogP) is 1.50. The average Bonchev–Trinajstić information content (AvgIpc) is 2.59. The summed E-state index contributed by atoms with van der Waals surface area (Å²) in [5.41, 5.74) is 1.37. The van der Waals surface area contributed by atoms with Crippen LogP contribution in [0.2, 0.25) is 0 Å². The molecule has 2 aromatic rings. The first-order valence-electron chi connectivity index (χ1n) is 7.26. The van der Waals surface area contributed by atoms with Crippen molar-refractivity contribution in [2.45, 2.75) is 11.8 Å². The summed E-state index contributed by atoms with van der Waals surface area (Å²) < 4.78 is 27.8. The molecule has 26 heavy (non-hydrogen) atoms. The van der Waals surface area contributed by atoms with Crippen molar-refractivity contribution in [3.63, 3.8) is 0 Å². The zero-order valence-electron chi connectivity index (χ0n) is 13.7. The largest absolute Gasteiger partial charge is 0.345 e. The SMILES string of the molecule is CC(=O)OS(=O)(=O)c1ccc(NC(=O)c2cccc(NC=NN)c2)cc1. The van der Waals surface area contributed by atoms with E-state index in [4.69, 9.17) is 5.84 Å². The first-order valence-corrected chi connectivity index (χ1v) is 8.67. The number of carbonyl (C=O) groups excluding carboxylic acids is 2. The minimum absolute atomic E-state index is 0.196. The predicted molar refractivity (Wildman–Crippen MR) is 96.1 cm³/mol. The molecule has 0 unspecified atom stereocenters. The van der Waals surface area contributed by atoms with Gasteiger partial charge in [0, 0.05) is 23.9 Å². The zero-order valence-corrected chi connectivity index (χ0v) is 14.5. The van der Waals surface area contributed by atoms with Crippen LogP contribution < -0.4 is 16.5 Å². The van der Waals surface area contributed by atoms with E-state index < -0.39 is 22.0 Å². The Hall–Kier alpha value is -3.40. The number of benzene rings is 2. The van der Waals surface area contributed by atoms with E-state index in [2.05, 4.69) is 19.9 Å². The summed E-state index contributed by atoms with van der Waals surface area (Å²) in [5, 5.41) is 8.72. The highest BCUT2D eigenvalue weighted by Gasteiger charge is 2.18. The van der Waals surface area contributed by atoms with Crippen molar-refractivity contribution in [2.24, 2.45) is 10.9 Å². The van der Waals surface area contributed by atoms with Gasteiger partial charge in [-0.1, -0.05) is 6.07 Å². The number of hydrogen-bond acceptors (Lipinski definition) is 7. The fraction of sp³-hybridized carbons (Fsp3) is 0.0625. The molecular weight excluding hydrogens is 360 g/mol. The van der Waals surface area contributed by atoms with Gasteiger partial charge in [-0.15, -0.1) is 0 Å². The lowest BCUT2D eigenvalue weighted by Crippen LogP contribution is -2.13. The van der Waals surface area contributed by atoms with Crippen LogP contribution in [0.15, 0.2) is 58.5 Å². The Labute approximate surface area is 150 Å². The number of amides is 1. The second kappa shape index (κ2) is 8.12. The van der Waals surface area contributed by atoms with E-state index in [0.717, 1.165) is 6.92 Å². The molecule has 4 N–H and O–H groups in total. The standard InChI is InChI=1S/C16H16N4O5S/c1-11(21)25-26(23,24)15-7-5-13(6-8-15)20-16(22)12-3-2-4-14(9-12)18-10-19-17/h2-10H,17H2,1H3,(H,18,19)(H,20,22). The highest BCUT2D eigenvalue weighted by Crippen LogP contribution is 2.18. The molecule has 0 spiro atoms. The molecule has 9 nitrogen and oxygen atoms in total. The monoisotopic (exact) mass is 376 g/mol. The molecule has 0 aliphatic carbocycles. The molecule has 2 rings (SSSR count). The topological polar surface area (TPSA) is 140 Å². The Morgan fingerprint density at radius 1 is 1.12 bits per heavy atom. The van der Waals surface area contributed by atoms with Gasteiger partial charge in [0.05, 0.1) is 0 Å². The summed E-state index contributed by atoms with van der Waals surface area (Å²) in [5.74, 6) is 3.67. The van der Waals surface area contributed by atoms with Gasteiger partial charge in [0.25, 0.3) is 5.91 Å². The molecule has 0 radical (unpaired) electrons. The maximum Gasteiger partial charge on any atom is 0.341 e. The first-order chi connectivity index (χ1) is 12.3. The second-order valence-corrected chi connectivity index (χ2v) is 6.56. The molecule has 0 saturated carbocycles. The van der Waals surface area contributed by atoms with Crippen molar-refractivity contribution in [1.82, 2.24) is 0 Å². The normalized spacial score (nSPS) is 11.1. The van der Waals surface area contributed by atoms with Gasteiger partial charge in [-0.25, -0.2) is 0 Å². The molecule has 0 saturated heterocycles. The number of nitrogens with zero attached hydrogens (tertiary/aromatic N) is 1. The molecule has 0 aromatic heterocycles. The van der Waals surface area contributed by atoms with E-state index >= 15 is 0 Å². The van der Waals surface area contributed by atoms with Crippen molar-refractivity contribution >= 4 is 39.7 Å².